The van der Waals surface area contributed by atoms with Crippen molar-refractivity contribution in [1.82, 2.24) is 0 Å². The summed E-state index contributed by atoms with van der Waals surface area (Å²) in [5.41, 5.74) is -0.643. The van der Waals surface area contributed by atoms with Crippen LogP contribution in [-0.4, -0.2) is 27.7 Å². The Labute approximate surface area is 125 Å². The summed E-state index contributed by atoms with van der Waals surface area (Å²) in [5.74, 6) is 0. The Morgan fingerprint density at radius 1 is 0.895 bits per heavy atom. The summed E-state index contributed by atoms with van der Waals surface area (Å²) >= 11 is 4.63. The first-order valence-electron chi connectivity index (χ1n) is 7.21. The molecule has 0 atom stereocenters. The van der Waals surface area contributed by atoms with Crippen LogP contribution in [0.25, 0.3) is 0 Å². The van der Waals surface area contributed by atoms with Crippen molar-refractivity contribution in [2.45, 2.75) is 90.6 Å². The summed E-state index contributed by atoms with van der Waals surface area (Å²) in [4.78, 5) is 0. The molecule has 2 nitrogen and oxygen atoms in total. The maximum Gasteiger partial charge on any atom is 0.0631 e. The molecule has 3 heteroatoms. The summed E-state index contributed by atoms with van der Waals surface area (Å²) < 4.78 is 6.01. The highest BCUT2D eigenvalue weighted by Gasteiger charge is 2.33. The Balaban J connectivity index is 4.35. The third kappa shape index (κ3) is 11.8. The van der Waals surface area contributed by atoms with Gasteiger partial charge in [-0.1, -0.05) is 27.7 Å². The number of rotatable bonds is 8. The number of thiol groups is 1. The van der Waals surface area contributed by atoms with Crippen LogP contribution in [0.4, 0.5) is 0 Å². The molecule has 0 saturated carbocycles. The topological polar surface area (TPSA) is 29.5 Å². The molecule has 0 bridgehead atoms. The van der Waals surface area contributed by atoms with E-state index in [2.05, 4.69) is 54.2 Å². The zero-order chi connectivity index (χ0) is 15.5. The van der Waals surface area contributed by atoms with Gasteiger partial charge >= 0.3 is 0 Å². The average molecular weight is 291 g/mol. The Morgan fingerprint density at radius 2 is 1.37 bits per heavy atom. The molecule has 116 valence electrons. The normalized spacial score (nSPS) is 14.8. The maximum atomic E-state index is 9.71. The van der Waals surface area contributed by atoms with E-state index in [0.717, 1.165) is 12.8 Å². The van der Waals surface area contributed by atoms with E-state index in [9.17, 15) is 5.11 Å². The third-order valence-electron chi connectivity index (χ3n) is 3.02. The van der Waals surface area contributed by atoms with E-state index in [1.54, 1.807) is 0 Å². The summed E-state index contributed by atoms with van der Waals surface area (Å²) in [6.07, 6.45) is 2.69. The predicted octanol–water partition coefficient (Wildman–Crippen LogP) is 4.46. The third-order valence-corrected chi connectivity index (χ3v) is 3.18. The minimum Gasteiger partial charge on any atom is -0.390 e. The molecule has 0 aromatic heterocycles. The van der Waals surface area contributed by atoms with Crippen molar-refractivity contribution in [3.05, 3.63) is 0 Å². The van der Waals surface area contributed by atoms with Crippen molar-refractivity contribution >= 4 is 12.6 Å². The fourth-order valence-corrected chi connectivity index (χ4v) is 3.44. The molecule has 1 N–H and O–H groups in total. The lowest BCUT2D eigenvalue weighted by molar-refractivity contribution is -0.0675. The van der Waals surface area contributed by atoms with Crippen LogP contribution in [0.2, 0.25) is 0 Å². The van der Waals surface area contributed by atoms with Gasteiger partial charge in [0.15, 0.2) is 0 Å². The molecular weight excluding hydrogens is 256 g/mol. The zero-order valence-corrected chi connectivity index (χ0v) is 15.0. The van der Waals surface area contributed by atoms with Crippen molar-refractivity contribution < 1.29 is 9.84 Å². The van der Waals surface area contributed by atoms with E-state index in [-0.39, 0.29) is 15.8 Å². The van der Waals surface area contributed by atoms with E-state index in [1.165, 1.54) is 0 Å². The monoisotopic (exact) mass is 290 g/mol. The van der Waals surface area contributed by atoms with Crippen LogP contribution in [0.5, 0.6) is 0 Å². The molecule has 0 unspecified atom stereocenters. The van der Waals surface area contributed by atoms with Crippen LogP contribution in [0.1, 0.15) is 74.7 Å². The number of hydrogen-bond donors (Lipinski definition) is 2. The van der Waals surface area contributed by atoms with Gasteiger partial charge in [0, 0.05) is 4.75 Å². The van der Waals surface area contributed by atoms with Gasteiger partial charge in [0.25, 0.3) is 0 Å². The van der Waals surface area contributed by atoms with Gasteiger partial charge in [-0.2, -0.15) is 12.6 Å². The number of aliphatic hydroxyl groups is 1. The molecule has 0 radical (unpaired) electrons. The maximum absolute atomic E-state index is 9.71. The van der Waals surface area contributed by atoms with Crippen LogP contribution in [0, 0.1) is 5.41 Å². The van der Waals surface area contributed by atoms with Crippen molar-refractivity contribution in [3.63, 3.8) is 0 Å². The van der Waals surface area contributed by atoms with Crippen LogP contribution >= 0.6 is 12.6 Å². The lowest BCUT2D eigenvalue weighted by atomic mass is 9.76. The zero-order valence-electron chi connectivity index (χ0n) is 14.1. The molecule has 0 aliphatic carbocycles. The summed E-state index contributed by atoms with van der Waals surface area (Å²) in [7, 11) is 0. The molecule has 19 heavy (non-hydrogen) atoms. The first-order chi connectivity index (χ1) is 8.12. The smallest absolute Gasteiger partial charge is 0.0631 e. The Hall–Kier alpha value is 0.270. The van der Waals surface area contributed by atoms with Crippen molar-refractivity contribution in [2.75, 3.05) is 6.61 Å². The first kappa shape index (κ1) is 19.3. The van der Waals surface area contributed by atoms with Gasteiger partial charge in [0.05, 0.1) is 17.8 Å². The summed E-state index contributed by atoms with van der Waals surface area (Å²) in [5, 5.41) is 9.71. The lowest BCUT2D eigenvalue weighted by Crippen LogP contribution is -2.36. The minimum atomic E-state index is -0.654. The van der Waals surface area contributed by atoms with Crippen molar-refractivity contribution in [1.29, 1.82) is 0 Å². The quantitative estimate of drug-likeness (QED) is 0.646. The minimum absolute atomic E-state index is 0.0344. The largest absolute Gasteiger partial charge is 0.390 e. The van der Waals surface area contributed by atoms with Crippen LogP contribution < -0.4 is 0 Å². The lowest BCUT2D eigenvalue weighted by Gasteiger charge is -2.38. The molecule has 0 aliphatic heterocycles. The molecule has 0 saturated heterocycles. The Bertz CT molecular complexity index is 269. The molecule has 0 aromatic rings. The van der Waals surface area contributed by atoms with E-state index in [4.69, 9.17) is 4.74 Å². The van der Waals surface area contributed by atoms with Crippen molar-refractivity contribution in [2.24, 2.45) is 5.41 Å². The van der Waals surface area contributed by atoms with Crippen molar-refractivity contribution in [3.8, 4) is 0 Å². The van der Waals surface area contributed by atoms with E-state index in [1.807, 2.05) is 13.8 Å². The van der Waals surface area contributed by atoms with Gasteiger partial charge in [0.1, 0.15) is 0 Å². The highest BCUT2D eigenvalue weighted by Crippen LogP contribution is 2.39. The van der Waals surface area contributed by atoms with E-state index in [0.29, 0.717) is 13.0 Å². The van der Waals surface area contributed by atoms with Gasteiger partial charge < -0.3 is 9.84 Å². The molecule has 0 amide bonds. The molecule has 0 rings (SSSR count). The van der Waals surface area contributed by atoms with Gasteiger partial charge in [-0.25, -0.2) is 0 Å². The number of hydrogen-bond acceptors (Lipinski definition) is 3. The van der Waals surface area contributed by atoms with Gasteiger partial charge in [-0.05, 0) is 52.4 Å². The predicted molar refractivity (Wildman–Crippen MR) is 87.0 cm³/mol. The average Bonchev–Trinajstić information content (AvgIpc) is 1.90. The van der Waals surface area contributed by atoms with E-state index < -0.39 is 5.60 Å². The van der Waals surface area contributed by atoms with Gasteiger partial charge in [0.2, 0.25) is 0 Å². The molecule has 0 spiro atoms. The highest BCUT2D eigenvalue weighted by molar-refractivity contribution is 7.81. The van der Waals surface area contributed by atoms with Crippen LogP contribution in [-0.2, 0) is 4.74 Å². The fourth-order valence-electron chi connectivity index (χ4n) is 3.01. The highest BCUT2D eigenvalue weighted by atomic mass is 32.1. The second-order valence-corrected chi connectivity index (χ2v) is 9.71. The molecule has 0 aliphatic rings. The molecule has 0 heterocycles. The number of ether oxygens (including phenoxy) is 1. The van der Waals surface area contributed by atoms with E-state index >= 15 is 0 Å². The second kappa shape index (κ2) is 6.36. The molecular formula is C16H34O2S. The van der Waals surface area contributed by atoms with Crippen LogP contribution in [0.15, 0.2) is 0 Å². The summed E-state index contributed by atoms with van der Waals surface area (Å²) in [6.45, 7) is 17.3. The fraction of sp³-hybridized carbons (Fsp3) is 1.00. The Kier molecular flexibility index (Phi) is 6.45. The standard InChI is InChI=1S/C16H34O2S/c1-13(2,12-16(7,8)19)11-15(5,6)18-10-9-14(3,4)17/h17,19H,9-12H2,1-8H3. The van der Waals surface area contributed by atoms with Gasteiger partial charge in [-0.3, -0.25) is 0 Å². The van der Waals surface area contributed by atoms with Crippen LogP contribution in [0.3, 0.4) is 0 Å². The first-order valence-corrected chi connectivity index (χ1v) is 7.65. The van der Waals surface area contributed by atoms with Gasteiger partial charge in [-0.15, -0.1) is 0 Å². The SMILES string of the molecule is CC(C)(O)CCOC(C)(C)CC(C)(C)CC(C)(C)S. The summed E-state index contributed by atoms with van der Waals surface area (Å²) in [6, 6.07) is 0. The Morgan fingerprint density at radius 3 is 1.74 bits per heavy atom. The second-order valence-electron chi connectivity index (χ2n) is 8.50. The molecule has 0 aromatic carbocycles. The molecule has 0 fully saturated rings.